The van der Waals surface area contributed by atoms with Gasteiger partial charge in [-0.25, -0.2) is 0 Å². The van der Waals surface area contributed by atoms with E-state index in [1.807, 2.05) is 18.2 Å². The molecule has 0 aromatic heterocycles. The molecule has 1 nitrogen and oxygen atoms in total. The van der Waals surface area contributed by atoms with Crippen molar-refractivity contribution >= 4 is 27.7 Å². The fraction of sp³-hybridized carbons (Fsp3) is 0.385. The largest absolute Gasteiger partial charge is 0.303 e. The maximum atomic E-state index is 5.48. The zero-order chi connectivity index (χ0) is 11.8. The zero-order valence-corrected chi connectivity index (χ0v) is 11.8. The second-order valence-electron chi connectivity index (χ2n) is 3.41. The van der Waals surface area contributed by atoms with Gasteiger partial charge in [-0.05, 0) is 41.0 Å². The first-order chi connectivity index (χ1) is 7.77. The first kappa shape index (κ1) is 13.6. The number of hydrogen-bond donors (Lipinski definition) is 1. The lowest BCUT2D eigenvalue weighted by Crippen LogP contribution is -2.30. The molecule has 1 atom stereocenters. The molecule has 0 spiro atoms. The van der Waals surface area contributed by atoms with Crippen molar-refractivity contribution in [3.8, 4) is 12.3 Å². The predicted octanol–water partition coefficient (Wildman–Crippen LogP) is 3.54. The lowest BCUT2D eigenvalue weighted by atomic mass is 10.3. The first-order valence-corrected chi connectivity index (χ1v) is 7.12. The van der Waals surface area contributed by atoms with Crippen LogP contribution in [-0.4, -0.2) is 18.3 Å². The average Bonchev–Trinajstić information content (AvgIpc) is 2.31. The van der Waals surface area contributed by atoms with E-state index in [1.54, 1.807) is 11.8 Å². The lowest BCUT2D eigenvalue weighted by molar-refractivity contribution is 0.642. The molecule has 0 saturated carbocycles. The third kappa shape index (κ3) is 4.61. The lowest BCUT2D eigenvalue weighted by Gasteiger charge is -2.12. The van der Waals surface area contributed by atoms with Gasteiger partial charge >= 0.3 is 0 Å². The fourth-order valence-electron chi connectivity index (χ4n) is 1.22. The van der Waals surface area contributed by atoms with Crippen LogP contribution in [0.15, 0.2) is 33.6 Å². The van der Waals surface area contributed by atoms with Crippen LogP contribution in [0.4, 0.5) is 0 Å². The van der Waals surface area contributed by atoms with Gasteiger partial charge in [-0.3, -0.25) is 0 Å². The molecule has 1 aromatic carbocycles. The third-order valence-electron chi connectivity index (χ3n) is 2.08. The van der Waals surface area contributed by atoms with Gasteiger partial charge in [0.25, 0.3) is 0 Å². The summed E-state index contributed by atoms with van der Waals surface area (Å²) in [4.78, 5) is 1.24. The number of rotatable bonds is 6. The smallest absolute Gasteiger partial charge is 0.0782 e. The minimum absolute atomic E-state index is 0.150. The summed E-state index contributed by atoms with van der Waals surface area (Å²) >= 11 is 5.31. The fourth-order valence-corrected chi connectivity index (χ4v) is 2.79. The van der Waals surface area contributed by atoms with Gasteiger partial charge in [0.15, 0.2) is 0 Å². The number of nitrogens with one attached hydrogen (secondary N) is 1. The molecule has 0 radical (unpaired) electrons. The Labute approximate surface area is 111 Å². The van der Waals surface area contributed by atoms with Gasteiger partial charge in [0.2, 0.25) is 0 Å². The van der Waals surface area contributed by atoms with Crippen LogP contribution in [0.1, 0.15) is 13.3 Å². The standard InChI is InChI=1S/C13H16BrNS/c1-3-9-15-11(4-2)10-16-13-8-6-5-7-12(13)14/h2,5-8,11,15H,3,9-10H2,1H3. The molecule has 0 aliphatic carbocycles. The van der Waals surface area contributed by atoms with E-state index in [4.69, 9.17) is 6.42 Å². The van der Waals surface area contributed by atoms with Crippen molar-refractivity contribution in [3.63, 3.8) is 0 Å². The molecule has 0 bridgehead atoms. The highest BCUT2D eigenvalue weighted by Gasteiger charge is 2.05. The number of terminal acetylenes is 1. The summed E-state index contributed by atoms with van der Waals surface area (Å²) in [5.41, 5.74) is 0. The zero-order valence-electron chi connectivity index (χ0n) is 9.37. The highest BCUT2D eigenvalue weighted by atomic mass is 79.9. The van der Waals surface area contributed by atoms with Crippen molar-refractivity contribution in [1.29, 1.82) is 0 Å². The van der Waals surface area contributed by atoms with Crippen molar-refractivity contribution in [3.05, 3.63) is 28.7 Å². The Bertz CT molecular complexity index is 359. The van der Waals surface area contributed by atoms with E-state index in [-0.39, 0.29) is 6.04 Å². The van der Waals surface area contributed by atoms with Crippen molar-refractivity contribution in [2.24, 2.45) is 0 Å². The molecule has 0 aliphatic rings. The third-order valence-corrected chi connectivity index (χ3v) is 4.21. The molecule has 0 fully saturated rings. The molecule has 1 rings (SSSR count). The Morgan fingerprint density at radius 3 is 2.88 bits per heavy atom. The number of halogens is 1. The van der Waals surface area contributed by atoms with Crippen LogP contribution in [0.3, 0.4) is 0 Å². The summed E-state index contributed by atoms with van der Waals surface area (Å²) in [5.74, 6) is 3.68. The summed E-state index contributed by atoms with van der Waals surface area (Å²) in [6.07, 6.45) is 6.59. The molecule has 3 heteroatoms. The van der Waals surface area contributed by atoms with Crippen LogP contribution in [-0.2, 0) is 0 Å². The second kappa shape index (κ2) is 7.78. The minimum atomic E-state index is 0.150. The molecule has 16 heavy (non-hydrogen) atoms. The summed E-state index contributed by atoms with van der Waals surface area (Å²) in [5, 5.41) is 3.34. The molecule has 86 valence electrons. The van der Waals surface area contributed by atoms with Crippen molar-refractivity contribution < 1.29 is 0 Å². The van der Waals surface area contributed by atoms with Crippen LogP contribution in [0.25, 0.3) is 0 Å². The van der Waals surface area contributed by atoms with Gasteiger partial charge in [0.05, 0.1) is 6.04 Å². The average molecular weight is 298 g/mol. The first-order valence-electron chi connectivity index (χ1n) is 5.34. The van der Waals surface area contributed by atoms with Crippen LogP contribution < -0.4 is 5.32 Å². The van der Waals surface area contributed by atoms with Gasteiger partial charge in [0, 0.05) is 15.1 Å². The molecule has 0 heterocycles. The molecule has 1 aromatic rings. The highest BCUT2D eigenvalue weighted by Crippen LogP contribution is 2.27. The summed E-state index contributed by atoms with van der Waals surface area (Å²) < 4.78 is 1.13. The van der Waals surface area contributed by atoms with E-state index in [0.717, 1.165) is 23.2 Å². The van der Waals surface area contributed by atoms with E-state index in [0.29, 0.717) is 0 Å². The van der Waals surface area contributed by atoms with Crippen molar-refractivity contribution in [2.45, 2.75) is 24.3 Å². The Hall–Kier alpha value is -0.430. The van der Waals surface area contributed by atoms with Crippen molar-refractivity contribution in [2.75, 3.05) is 12.3 Å². The van der Waals surface area contributed by atoms with E-state index >= 15 is 0 Å². The Morgan fingerprint density at radius 2 is 2.25 bits per heavy atom. The predicted molar refractivity (Wildman–Crippen MR) is 75.8 cm³/mol. The second-order valence-corrected chi connectivity index (χ2v) is 5.33. The van der Waals surface area contributed by atoms with Gasteiger partial charge in [-0.2, -0.15) is 0 Å². The van der Waals surface area contributed by atoms with Gasteiger partial charge in [-0.1, -0.05) is 25.0 Å². The van der Waals surface area contributed by atoms with E-state index in [2.05, 4.69) is 40.2 Å². The van der Waals surface area contributed by atoms with Crippen LogP contribution in [0.2, 0.25) is 0 Å². The quantitative estimate of drug-likeness (QED) is 0.637. The van der Waals surface area contributed by atoms with Gasteiger partial charge < -0.3 is 5.32 Å². The highest BCUT2D eigenvalue weighted by molar-refractivity contribution is 9.10. The molecule has 0 saturated heterocycles. The summed E-state index contributed by atoms with van der Waals surface area (Å²) in [7, 11) is 0. The van der Waals surface area contributed by atoms with E-state index < -0.39 is 0 Å². The molecule has 0 aliphatic heterocycles. The maximum absolute atomic E-state index is 5.48. The monoisotopic (exact) mass is 297 g/mol. The van der Waals surface area contributed by atoms with Crippen LogP contribution in [0, 0.1) is 12.3 Å². The molecule has 1 N–H and O–H groups in total. The number of hydrogen-bond acceptors (Lipinski definition) is 2. The van der Waals surface area contributed by atoms with Gasteiger partial charge in [-0.15, -0.1) is 18.2 Å². The molecular weight excluding hydrogens is 282 g/mol. The SMILES string of the molecule is C#CC(CSc1ccccc1Br)NCCC. The van der Waals surface area contributed by atoms with Gasteiger partial charge in [0.1, 0.15) is 0 Å². The maximum Gasteiger partial charge on any atom is 0.0782 e. The Balaban J connectivity index is 2.44. The topological polar surface area (TPSA) is 12.0 Å². The minimum Gasteiger partial charge on any atom is -0.303 e. The Morgan fingerprint density at radius 1 is 1.50 bits per heavy atom. The van der Waals surface area contributed by atoms with E-state index in [9.17, 15) is 0 Å². The number of benzene rings is 1. The van der Waals surface area contributed by atoms with Crippen LogP contribution in [0.5, 0.6) is 0 Å². The molecular formula is C13H16BrNS. The molecule has 0 amide bonds. The molecule has 1 unspecified atom stereocenters. The number of thioether (sulfide) groups is 1. The Kier molecular flexibility index (Phi) is 6.63. The van der Waals surface area contributed by atoms with Crippen molar-refractivity contribution in [1.82, 2.24) is 5.32 Å². The normalized spacial score (nSPS) is 12.1. The van der Waals surface area contributed by atoms with Crippen LogP contribution >= 0.6 is 27.7 Å². The summed E-state index contributed by atoms with van der Waals surface area (Å²) in [6, 6.07) is 8.35. The summed E-state index contributed by atoms with van der Waals surface area (Å²) in [6.45, 7) is 3.12. The van der Waals surface area contributed by atoms with E-state index in [1.165, 1.54) is 4.90 Å².